The Hall–Kier alpha value is -3.20. The Bertz CT molecular complexity index is 980. The van der Waals surface area contributed by atoms with E-state index in [0.29, 0.717) is 22.2 Å². The molecule has 0 aliphatic carbocycles. The smallest absolute Gasteiger partial charge is 0.240 e. The number of Topliss-reactive ketones (excluding diaryl/α,β-unsaturated/α-hetero) is 1. The second kappa shape index (κ2) is 8.66. The van der Waals surface area contributed by atoms with Crippen LogP contribution in [0.1, 0.15) is 35.2 Å². The van der Waals surface area contributed by atoms with Crippen molar-refractivity contribution < 1.29 is 18.8 Å². The lowest BCUT2D eigenvalue weighted by Gasteiger charge is -2.08. The Morgan fingerprint density at radius 1 is 1.32 bits per heavy atom. The Kier molecular flexibility index (Phi) is 6.05. The highest BCUT2D eigenvalue weighted by Gasteiger charge is 2.32. The van der Waals surface area contributed by atoms with Crippen LogP contribution in [-0.4, -0.2) is 34.2 Å². The van der Waals surface area contributed by atoms with E-state index < -0.39 is 5.25 Å². The van der Waals surface area contributed by atoms with Gasteiger partial charge in [-0.25, -0.2) is 0 Å². The zero-order valence-electron chi connectivity index (χ0n) is 15.3. The lowest BCUT2D eigenvalue weighted by Crippen LogP contribution is -2.28. The molecular weight excluding hydrogens is 380 g/mol. The van der Waals surface area contributed by atoms with Gasteiger partial charge >= 0.3 is 0 Å². The third kappa shape index (κ3) is 5.17. The van der Waals surface area contributed by atoms with Gasteiger partial charge in [-0.05, 0) is 38.1 Å². The van der Waals surface area contributed by atoms with Crippen LogP contribution in [0.3, 0.4) is 0 Å². The zero-order chi connectivity index (χ0) is 20.1. The van der Waals surface area contributed by atoms with Gasteiger partial charge in [-0.3, -0.25) is 14.4 Å². The van der Waals surface area contributed by atoms with Crippen LogP contribution < -0.4 is 10.6 Å². The van der Waals surface area contributed by atoms with Crippen LogP contribution in [0.15, 0.2) is 51.0 Å². The first kappa shape index (κ1) is 19.6. The molecule has 1 atom stereocenters. The average Bonchev–Trinajstić information content (AvgIpc) is 3.20. The van der Waals surface area contributed by atoms with Crippen molar-refractivity contribution in [2.45, 2.75) is 25.5 Å². The molecule has 1 aromatic carbocycles. The van der Waals surface area contributed by atoms with E-state index in [-0.39, 0.29) is 24.0 Å². The normalized spacial score (nSPS) is 17.9. The quantitative estimate of drug-likeness (QED) is 0.441. The molecule has 2 N–H and O–H groups in total. The number of furan rings is 1. The number of amidine groups is 1. The first-order chi connectivity index (χ1) is 13.4. The van der Waals surface area contributed by atoms with E-state index in [1.54, 1.807) is 36.4 Å². The van der Waals surface area contributed by atoms with E-state index in [1.807, 2.05) is 6.92 Å². The van der Waals surface area contributed by atoms with E-state index in [0.717, 1.165) is 17.5 Å². The molecule has 1 aromatic heterocycles. The van der Waals surface area contributed by atoms with Crippen LogP contribution in [-0.2, 0) is 9.59 Å². The molecule has 0 unspecified atom stereocenters. The highest BCUT2D eigenvalue weighted by molar-refractivity contribution is 8.15. The lowest BCUT2D eigenvalue weighted by molar-refractivity contribution is -0.122. The first-order valence-electron chi connectivity index (χ1n) is 8.46. The number of nitrogens with zero attached hydrogens (tertiary/aromatic N) is 2. The lowest BCUT2D eigenvalue weighted by atomic mass is 10.1. The molecule has 1 aliphatic rings. The molecule has 0 spiro atoms. The summed E-state index contributed by atoms with van der Waals surface area (Å²) in [5.41, 5.74) is 1.01. The van der Waals surface area contributed by atoms with Gasteiger partial charge in [-0.1, -0.05) is 23.9 Å². The SMILES string of the molecule is CC(=O)c1cccc(NC(=O)C[C@@H]2S/C(=N/N=C\c3ccc(C)o3)NC2=O)c1. The highest BCUT2D eigenvalue weighted by atomic mass is 32.2. The van der Waals surface area contributed by atoms with Gasteiger partial charge in [-0.2, -0.15) is 5.10 Å². The number of aryl methyl sites for hydroxylation is 1. The molecule has 1 fully saturated rings. The minimum Gasteiger partial charge on any atom is -0.460 e. The minimum atomic E-state index is -0.601. The molecule has 144 valence electrons. The monoisotopic (exact) mass is 398 g/mol. The highest BCUT2D eigenvalue weighted by Crippen LogP contribution is 2.23. The maximum atomic E-state index is 12.2. The summed E-state index contributed by atoms with van der Waals surface area (Å²) in [5.74, 6) is 0.593. The maximum absolute atomic E-state index is 12.2. The Balaban J connectivity index is 1.56. The standard InChI is InChI=1S/C19H18N4O4S/c1-11-6-7-15(27-11)10-20-23-19-22-18(26)16(28-19)9-17(25)21-14-5-3-4-13(8-14)12(2)24/h3-8,10,16H,9H2,1-2H3,(H,21,25)(H,22,23,26)/b20-10-/t16-/m0/s1. The van der Waals surface area contributed by atoms with Crippen LogP contribution in [0, 0.1) is 6.92 Å². The second-order valence-electron chi connectivity index (χ2n) is 6.08. The van der Waals surface area contributed by atoms with Crippen molar-refractivity contribution in [1.29, 1.82) is 0 Å². The molecule has 1 aliphatic heterocycles. The summed E-state index contributed by atoms with van der Waals surface area (Å²) in [5, 5.41) is 12.8. The van der Waals surface area contributed by atoms with E-state index in [9.17, 15) is 14.4 Å². The summed E-state index contributed by atoms with van der Waals surface area (Å²) in [6, 6.07) is 10.2. The van der Waals surface area contributed by atoms with Gasteiger partial charge < -0.3 is 15.1 Å². The fourth-order valence-corrected chi connectivity index (χ4v) is 3.37. The summed E-state index contributed by atoms with van der Waals surface area (Å²) in [6.45, 7) is 3.28. The predicted molar refractivity (Wildman–Crippen MR) is 108 cm³/mol. The Labute approximate surface area is 165 Å². The van der Waals surface area contributed by atoms with E-state index in [2.05, 4.69) is 20.8 Å². The topological polar surface area (TPSA) is 113 Å². The number of rotatable bonds is 6. The number of benzene rings is 1. The zero-order valence-corrected chi connectivity index (χ0v) is 16.1. The number of ketones is 1. The number of amides is 2. The number of carbonyl (C=O) groups excluding carboxylic acids is 3. The fraction of sp³-hybridized carbons (Fsp3) is 0.211. The number of anilines is 1. The van der Waals surface area contributed by atoms with Gasteiger partial charge in [-0.15, -0.1) is 5.10 Å². The molecular formula is C19H18N4O4S. The third-order valence-corrected chi connectivity index (χ3v) is 4.87. The Morgan fingerprint density at radius 3 is 2.86 bits per heavy atom. The van der Waals surface area contributed by atoms with E-state index in [1.165, 1.54) is 13.1 Å². The van der Waals surface area contributed by atoms with Crippen LogP contribution in [0.2, 0.25) is 0 Å². The average molecular weight is 398 g/mol. The van der Waals surface area contributed by atoms with Gasteiger partial charge in [0.15, 0.2) is 11.0 Å². The van der Waals surface area contributed by atoms with Crippen molar-refractivity contribution in [2.24, 2.45) is 10.2 Å². The van der Waals surface area contributed by atoms with Crippen LogP contribution in [0.5, 0.6) is 0 Å². The molecule has 1 saturated heterocycles. The summed E-state index contributed by atoms with van der Waals surface area (Å²) in [7, 11) is 0. The van der Waals surface area contributed by atoms with Gasteiger partial charge in [0.05, 0.1) is 6.21 Å². The molecule has 0 bridgehead atoms. The molecule has 3 rings (SSSR count). The minimum absolute atomic E-state index is 0.0269. The number of nitrogens with one attached hydrogen (secondary N) is 2. The number of hydrogen-bond donors (Lipinski definition) is 2. The predicted octanol–water partition coefficient (Wildman–Crippen LogP) is 2.74. The number of carbonyl (C=O) groups is 3. The summed E-state index contributed by atoms with van der Waals surface area (Å²) in [4.78, 5) is 35.7. The molecule has 8 nitrogen and oxygen atoms in total. The molecule has 0 radical (unpaired) electrons. The third-order valence-electron chi connectivity index (χ3n) is 3.79. The molecule has 0 saturated carbocycles. The van der Waals surface area contributed by atoms with Crippen molar-refractivity contribution >= 4 is 46.4 Å². The van der Waals surface area contributed by atoms with Crippen LogP contribution >= 0.6 is 11.8 Å². The Morgan fingerprint density at radius 2 is 2.14 bits per heavy atom. The first-order valence-corrected chi connectivity index (χ1v) is 9.34. The number of hydrogen-bond acceptors (Lipinski definition) is 7. The van der Waals surface area contributed by atoms with E-state index in [4.69, 9.17) is 4.42 Å². The van der Waals surface area contributed by atoms with Gasteiger partial charge in [0.25, 0.3) is 0 Å². The van der Waals surface area contributed by atoms with Crippen molar-refractivity contribution in [2.75, 3.05) is 5.32 Å². The van der Waals surface area contributed by atoms with Gasteiger partial charge in [0, 0.05) is 17.7 Å². The van der Waals surface area contributed by atoms with Crippen molar-refractivity contribution in [1.82, 2.24) is 5.32 Å². The molecule has 9 heteroatoms. The molecule has 28 heavy (non-hydrogen) atoms. The summed E-state index contributed by atoms with van der Waals surface area (Å²) in [6.07, 6.45) is 1.41. The second-order valence-corrected chi connectivity index (χ2v) is 7.27. The summed E-state index contributed by atoms with van der Waals surface area (Å²) < 4.78 is 5.34. The van der Waals surface area contributed by atoms with Gasteiger partial charge in [0.2, 0.25) is 11.8 Å². The van der Waals surface area contributed by atoms with Crippen molar-refractivity contribution in [3.05, 3.63) is 53.5 Å². The summed E-state index contributed by atoms with van der Waals surface area (Å²) >= 11 is 1.14. The molecule has 2 heterocycles. The van der Waals surface area contributed by atoms with Crippen molar-refractivity contribution in [3.63, 3.8) is 0 Å². The fourth-order valence-electron chi connectivity index (χ4n) is 2.44. The van der Waals surface area contributed by atoms with Crippen LogP contribution in [0.4, 0.5) is 5.69 Å². The largest absolute Gasteiger partial charge is 0.460 e. The van der Waals surface area contributed by atoms with Crippen molar-refractivity contribution in [3.8, 4) is 0 Å². The van der Waals surface area contributed by atoms with Gasteiger partial charge in [0.1, 0.15) is 16.8 Å². The maximum Gasteiger partial charge on any atom is 0.240 e. The molecule has 2 amide bonds. The van der Waals surface area contributed by atoms with E-state index >= 15 is 0 Å². The molecule has 2 aromatic rings. The van der Waals surface area contributed by atoms with Crippen LogP contribution in [0.25, 0.3) is 0 Å². The number of thioether (sulfide) groups is 1.